The smallest absolute Gasteiger partial charge is 0.0785 e. The van der Waals surface area contributed by atoms with Crippen molar-refractivity contribution >= 4 is 0 Å². The van der Waals surface area contributed by atoms with E-state index in [1.165, 1.54) is 16.7 Å². The quantitative estimate of drug-likeness (QED) is 0.836. The van der Waals surface area contributed by atoms with Gasteiger partial charge in [0.25, 0.3) is 0 Å². The van der Waals surface area contributed by atoms with Crippen LogP contribution in [0.3, 0.4) is 0 Å². The highest BCUT2D eigenvalue weighted by molar-refractivity contribution is 5.33. The van der Waals surface area contributed by atoms with Crippen LogP contribution in [0.15, 0.2) is 48.8 Å². The molecule has 0 radical (unpaired) electrons. The van der Waals surface area contributed by atoms with Gasteiger partial charge in [-0.25, -0.2) is 0 Å². The standard InChI is InChI=1S/C17H20N2O/c1-13-6-8-14(9-7-13)16-12-20-19(3)17(16,2)15-5-4-10-18-11-15/h4-11,16H,12H2,1-3H3. The number of aryl methyl sites for hydroxylation is 1. The Kier molecular flexibility index (Phi) is 3.32. The topological polar surface area (TPSA) is 25.4 Å². The van der Waals surface area contributed by atoms with E-state index < -0.39 is 0 Å². The van der Waals surface area contributed by atoms with Gasteiger partial charge in [0.2, 0.25) is 0 Å². The molecule has 20 heavy (non-hydrogen) atoms. The van der Waals surface area contributed by atoms with Gasteiger partial charge in [-0.05, 0) is 31.0 Å². The summed E-state index contributed by atoms with van der Waals surface area (Å²) in [7, 11) is 2.00. The third kappa shape index (κ3) is 2.03. The molecule has 1 fully saturated rings. The van der Waals surface area contributed by atoms with Crippen molar-refractivity contribution < 1.29 is 4.84 Å². The van der Waals surface area contributed by atoms with Crippen LogP contribution in [0.1, 0.15) is 29.5 Å². The Morgan fingerprint density at radius 1 is 1.25 bits per heavy atom. The molecule has 0 N–H and O–H groups in total. The van der Waals surface area contributed by atoms with Crippen LogP contribution in [0.25, 0.3) is 0 Å². The predicted octanol–water partition coefficient (Wildman–Crippen LogP) is 3.27. The van der Waals surface area contributed by atoms with Gasteiger partial charge in [-0.3, -0.25) is 9.82 Å². The van der Waals surface area contributed by atoms with Gasteiger partial charge in [-0.15, -0.1) is 0 Å². The van der Waals surface area contributed by atoms with E-state index in [9.17, 15) is 0 Å². The van der Waals surface area contributed by atoms with Crippen LogP contribution in [-0.4, -0.2) is 23.7 Å². The Hall–Kier alpha value is -1.71. The summed E-state index contributed by atoms with van der Waals surface area (Å²) in [6, 6.07) is 12.8. The third-order valence-corrected chi connectivity index (χ3v) is 4.49. The van der Waals surface area contributed by atoms with E-state index in [4.69, 9.17) is 4.84 Å². The molecule has 1 aliphatic rings. The predicted molar refractivity (Wildman–Crippen MR) is 79.2 cm³/mol. The van der Waals surface area contributed by atoms with Gasteiger partial charge in [0.1, 0.15) is 0 Å². The molecule has 2 unspecified atom stereocenters. The Labute approximate surface area is 120 Å². The first-order valence-electron chi connectivity index (χ1n) is 6.96. The summed E-state index contributed by atoms with van der Waals surface area (Å²) >= 11 is 0. The number of hydroxylamine groups is 2. The molecule has 1 aromatic carbocycles. The fraction of sp³-hybridized carbons (Fsp3) is 0.353. The molecule has 104 valence electrons. The van der Waals surface area contributed by atoms with Crippen molar-refractivity contribution in [3.8, 4) is 0 Å². The molecule has 2 atom stereocenters. The number of nitrogens with zero attached hydrogens (tertiary/aromatic N) is 2. The van der Waals surface area contributed by atoms with Crippen LogP contribution in [0, 0.1) is 6.92 Å². The van der Waals surface area contributed by atoms with E-state index in [0.717, 1.165) is 0 Å². The molecule has 0 amide bonds. The Bertz CT molecular complexity index is 582. The molecule has 0 aliphatic carbocycles. The van der Waals surface area contributed by atoms with Crippen LogP contribution < -0.4 is 0 Å². The number of hydrogen-bond acceptors (Lipinski definition) is 3. The van der Waals surface area contributed by atoms with Gasteiger partial charge in [0, 0.05) is 25.4 Å². The zero-order valence-corrected chi connectivity index (χ0v) is 12.2. The molecule has 2 heterocycles. The summed E-state index contributed by atoms with van der Waals surface area (Å²) in [6.07, 6.45) is 3.75. The summed E-state index contributed by atoms with van der Waals surface area (Å²) in [6.45, 7) is 5.04. The Morgan fingerprint density at radius 3 is 2.65 bits per heavy atom. The van der Waals surface area contributed by atoms with E-state index in [1.807, 2.05) is 30.6 Å². The van der Waals surface area contributed by atoms with Gasteiger partial charge in [0.05, 0.1) is 12.1 Å². The van der Waals surface area contributed by atoms with Crippen molar-refractivity contribution in [1.29, 1.82) is 0 Å². The van der Waals surface area contributed by atoms with Crippen molar-refractivity contribution in [3.63, 3.8) is 0 Å². The van der Waals surface area contributed by atoms with Crippen molar-refractivity contribution in [2.75, 3.05) is 13.7 Å². The highest BCUT2D eigenvalue weighted by atomic mass is 16.7. The van der Waals surface area contributed by atoms with Gasteiger partial charge < -0.3 is 0 Å². The third-order valence-electron chi connectivity index (χ3n) is 4.49. The van der Waals surface area contributed by atoms with Crippen molar-refractivity contribution in [1.82, 2.24) is 10.0 Å². The monoisotopic (exact) mass is 268 g/mol. The lowest BCUT2D eigenvalue weighted by Gasteiger charge is -2.35. The minimum absolute atomic E-state index is 0.191. The average Bonchev–Trinajstić information content (AvgIpc) is 2.78. The lowest BCUT2D eigenvalue weighted by molar-refractivity contribution is -0.140. The number of hydrogen-bond donors (Lipinski definition) is 0. The molecule has 0 spiro atoms. The zero-order chi connectivity index (χ0) is 14.2. The number of likely N-dealkylation sites (N-methyl/N-ethyl adjacent to an activating group) is 1. The molecule has 3 nitrogen and oxygen atoms in total. The van der Waals surface area contributed by atoms with Crippen molar-refractivity contribution in [2.24, 2.45) is 0 Å². The molecule has 1 aliphatic heterocycles. The number of benzene rings is 1. The molecule has 0 bridgehead atoms. The minimum Gasteiger partial charge on any atom is -0.298 e. The van der Waals surface area contributed by atoms with E-state index in [-0.39, 0.29) is 5.54 Å². The van der Waals surface area contributed by atoms with Crippen LogP contribution in [-0.2, 0) is 10.4 Å². The second-order valence-corrected chi connectivity index (χ2v) is 5.65. The minimum atomic E-state index is -0.191. The van der Waals surface area contributed by atoms with Crippen LogP contribution >= 0.6 is 0 Å². The SMILES string of the molecule is Cc1ccc(C2CON(C)C2(C)c2cccnc2)cc1. The fourth-order valence-corrected chi connectivity index (χ4v) is 2.97. The maximum atomic E-state index is 5.83. The van der Waals surface area contributed by atoms with Crippen molar-refractivity contribution in [3.05, 3.63) is 65.5 Å². The molecule has 1 saturated heterocycles. The van der Waals surface area contributed by atoms with Crippen LogP contribution in [0.2, 0.25) is 0 Å². The molecule has 0 saturated carbocycles. The average molecular weight is 268 g/mol. The van der Waals surface area contributed by atoms with E-state index in [0.29, 0.717) is 12.5 Å². The molecule has 3 rings (SSSR count). The van der Waals surface area contributed by atoms with E-state index in [2.05, 4.69) is 49.2 Å². The number of aromatic nitrogens is 1. The fourth-order valence-electron chi connectivity index (χ4n) is 2.97. The Balaban J connectivity index is 2.04. The normalized spacial score (nSPS) is 26.9. The zero-order valence-electron chi connectivity index (χ0n) is 12.2. The lowest BCUT2D eigenvalue weighted by atomic mass is 9.77. The second-order valence-electron chi connectivity index (χ2n) is 5.65. The summed E-state index contributed by atoms with van der Waals surface area (Å²) in [5.74, 6) is 0.303. The van der Waals surface area contributed by atoms with Crippen LogP contribution in [0.4, 0.5) is 0 Å². The molecule has 3 heteroatoms. The van der Waals surface area contributed by atoms with E-state index >= 15 is 0 Å². The van der Waals surface area contributed by atoms with Gasteiger partial charge in [-0.2, -0.15) is 5.06 Å². The molecule has 1 aromatic heterocycles. The first kappa shape index (κ1) is 13.3. The van der Waals surface area contributed by atoms with Gasteiger partial charge >= 0.3 is 0 Å². The molecular formula is C17H20N2O. The maximum absolute atomic E-state index is 5.83. The Morgan fingerprint density at radius 2 is 2.00 bits per heavy atom. The highest BCUT2D eigenvalue weighted by Gasteiger charge is 2.46. The summed E-state index contributed by atoms with van der Waals surface area (Å²) in [5.41, 5.74) is 3.59. The van der Waals surface area contributed by atoms with Gasteiger partial charge in [0.15, 0.2) is 0 Å². The molecular weight excluding hydrogens is 248 g/mol. The number of rotatable bonds is 2. The summed E-state index contributed by atoms with van der Waals surface area (Å²) < 4.78 is 0. The lowest BCUT2D eigenvalue weighted by Crippen LogP contribution is -2.39. The second kappa shape index (κ2) is 5.00. The molecule has 2 aromatic rings. The maximum Gasteiger partial charge on any atom is 0.0785 e. The highest BCUT2D eigenvalue weighted by Crippen LogP contribution is 2.45. The number of pyridine rings is 1. The summed E-state index contributed by atoms with van der Waals surface area (Å²) in [4.78, 5) is 10.1. The largest absolute Gasteiger partial charge is 0.298 e. The van der Waals surface area contributed by atoms with Crippen LogP contribution in [0.5, 0.6) is 0 Å². The van der Waals surface area contributed by atoms with E-state index in [1.54, 1.807) is 0 Å². The van der Waals surface area contributed by atoms with Gasteiger partial charge in [-0.1, -0.05) is 35.9 Å². The summed E-state index contributed by atoms with van der Waals surface area (Å²) in [5, 5.41) is 1.97. The first-order chi connectivity index (χ1) is 9.62. The van der Waals surface area contributed by atoms with Crippen molar-refractivity contribution in [2.45, 2.75) is 25.3 Å². The first-order valence-corrected chi connectivity index (χ1v) is 6.96.